The van der Waals surface area contributed by atoms with Crippen LogP contribution in [0.15, 0.2) is 41.1 Å². The molecule has 2 saturated heterocycles. The summed E-state index contributed by atoms with van der Waals surface area (Å²) in [7, 11) is 1.73. The van der Waals surface area contributed by atoms with Gasteiger partial charge in [-0.1, -0.05) is 35.5 Å². The maximum Gasteiger partial charge on any atom is 0.223 e. The molecule has 1 atom stereocenters. The number of rotatable bonds is 7. The number of aryl methyl sites for hydroxylation is 1. The molecule has 1 amide bonds. The molecule has 1 aromatic heterocycles. The predicted octanol–water partition coefficient (Wildman–Crippen LogP) is 2.93. The van der Waals surface area contributed by atoms with Gasteiger partial charge in [0.2, 0.25) is 5.91 Å². The summed E-state index contributed by atoms with van der Waals surface area (Å²) >= 11 is 0. The summed E-state index contributed by atoms with van der Waals surface area (Å²) in [6.07, 6.45) is 4.80. The van der Waals surface area contributed by atoms with Crippen LogP contribution in [0.2, 0.25) is 0 Å². The molecule has 1 aromatic carbocycles. The lowest BCUT2D eigenvalue weighted by Crippen LogP contribution is -2.63. The molecule has 0 aliphatic carbocycles. The second-order valence-electron chi connectivity index (χ2n) is 7.65. The van der Waals surface area contributed by atoms with Gasteiger partial charge in [0.1, 0.15) is 17.6 Å². The third-order valence-electron chi connectivity index (χ3n) is 5.63. The second kappa shape index (κ2) is 7.82. The number of hydrogen-bond acceptors (Lipinski definition) is 5. The number of benzene rings is 1. The van der Waals surface area contributed by atoms with Gasteiger partial charge in [-0.3, -0.25) is 4.79 Å². The molecule has 144 valence electrons. The fraction of sp³-hybridized carbons (Fsp3) is 0.524. The molecule has 2 aliphatic rings. The Morgan fingerprint density at radius 1 is 1.33 bits per heavy atom. The molecule has 3 heterocycles. The van der Waals surface area contributed by atoms with E-state index in [4.69, 9.17) is 14.0 Å². The SMILES string of the molecule is COCCC1COC2(C1)CN(C(=O)CCc1conc1-c1ccccc1)C2. The minimum atomic E-state index is -0.111. The zero-order chi connectivity index (χ0) is 18.7. The topological polar surface area (TPSA) is 64.8 Å². The van der Waals surface area contributed by atoms with Gasteiger partial charge >= 0.3 is 0 Å². The van der Waals surface area contributed by atoms with Gasteiger partial charge in [-0.15, -0.1) is 0 Å². The van der Waals surface area contributed by atoms with Crippen LogP contribution in [0.1, 0.15) is 24.8 Å². The average molecular weight is 370 g/mol. The fourth-order valence-electron chi connectivity index (χ4n) is 4.12. The van der Waals surface area contributed by atoms with Crippen LogP contribution in [0, 0.1) is 5.92 Å². The van der Waals surface area contributed by atoms with Crippen molar-refractivity contribution >= 4 is 5.91 Å². The summed E-state index contributed by atoms with van der Waals surface area (Å²) < 4.78 is 16.3. The Morgan fingerprint density at radius 2 is 2.15 bits per heavy atom. The van der Waals surface area contributed by atoms with Gasteiger partial charge in [0.05, 0.1) is 19.7 Å². The first kappa shape index (κ1) is 18.2. The number of nitrogens with zero attached hydrogens (tertiary/aromatic N) is 2. The van der Waals surface area contributed by atoms with Gasteiger partial charge < -0.3 is 18.9 Å². The van der Waals surface area contributed by atoms with Crippen molar-refractivity contribution in [2.75, 3.05) is 33.4 Å². The van der Waals surface area contributed by atoms with E-state index in [1.165, 1.54) is 0 Å². The van der Waals surface area contributed by atoms with Crippen molar-refractivity contribution in [3.8, 4) is 11.3 Å². The van der Waals surface area contributed by atoms with Crippen LogP contribution in [-0.4, -0.2) is 55.0 Å². The molecule has 2 aliphatic heterocycles. The lowest BCUT2D eigenvalue weighted by Gasteiger charge is -2.47. The molecule has 0 N–H and O–H groups in total. The number of methoxy groups -OCH3 is 1. The molecule has 0 bridgehead atoms. The highest BCUT2D eigenvalue weighted by molar-refractivity contribution is 5.78. The average Bonchev–Trinajstić information content (AvgIpc) is 3.31. The molecule has 2 fully saturated rings. The number of aromatic nitrogens is 1. The number of carbonyl (C=O) groups excluding carboxylic acids is 1. The maximum absolute atomic E-state index is 12.6. The Hall–Kier alpha value is -2.18. The molecular weight excluding hydrogens is 344 g/mol. The number of amides is 1. The molecule has 0 radical (unpaired) electrons. The summed E-state index contributed by atoms with van der Waals surface area (Å²) in [5.74, 6) is 0.720. The molecule has 6 heteroatoms. The number of carbonyl (C=O) groups is 1. The normalized spacial score (nSPS) is 20.8. The zero-order valence-corrected chi connectivity index (χ0v) is 15.7. The van der Waals surface area contributed by atoms with E-state index in [0.29, 0.717) is 31.8 Å². The van der Waals surface area contributed by atoms with Gasteiger partial charge in [-0.25, -0.2) is 0 Å². The molecular formula is C21H26N2O4. The molecule has 0 saturated carbocycles. The van der Waals surface area contributed by atoms with Gasteiger partial charge in [0.25, 0.3) is 0 Å². The van der Waals surface area contributed by atoms with Crippen LogP contribution in [0.5, 0.6) is 0 Å². The number of ether oxygens (including phenoxy) is 2. The highest BCUT2D eigenvalue weighted by Gasteiger charge is 2.50. The Bertz CT molecular complexity index is 767. The van der Waals surface area contributed by atoms with Crippen molar-refractivity contribution in [2.45, 2.75) is 31.3 Å². The third kappa shape index (κ3) is 3.92. The first-order valence-electron chi connectivity index (χ1n) is 9.58. The Labute approximate surface area is 159 Å². The molecule has 4 rings (SSSR count). The quantitative estimate of drug-likeness (QED) is 0.750. The molecule has 1 spiro atoms. The lowest BCUT2D eigenvalue weighted by atomic mass is 9.85. The van der Waals surface area contributed by atoms with E-state index in [1.807, 2.05) is 35.2 Å². The van der Waals surface area contributed by atoms with E-state index >= 15 is 0 Å². The van der Waals surface area contributed by atoms with E-state index in [-0.39, 0.29) is 11.5 Å². The minimum absolute atomic E-state index is 0.111. The van der Waals surface area contributed by atoms with E-state index in [2.05, 4.69) is 5.16 Å². The molecule has 6 nitrogen and oxygen atoms in total. The molecule has 27 heavy (non-hydrogen) atoms. The largest absolute Gasteiger partial charge is 0.385 e. The first-order valence-corrected chi connectivity index (χ1v) is 9.58. The van der Waals surface area contributed by atoms with Gasteiger partial charge in [0, 0.05) is 31.3 Å². The molecule has 2 aromatic rings. The van der Waals surface area contributed by atoms with E-state index in [9.17, 15) is 4.79 Å². The monoisotopic (exact) mass is 370 g/mol. The maximum atomic E-state index is 12.6. The van der Waals surface area contributed by atoms with Crippen LogP contribution < -0.4 is 0 Å². The van der Waals surface area contributed by atoms with Crippen molar-refractivity contribution in [1.29, 1.82) is 0 Å². The van der Waals surface area contributed by atoms with Gasteiger partial charge in [-0.05, 0) is 25.2 Å². The number of hydrogen-bond donors (Lipinski definition) is 0. The van der Waals surface area contributed by atoms with Crippen LogP contribution >= 0.6 is 0 Å². The standard InChI is InChI=1S/C21H26N2O4/c1-25-10-9-16-11-21(26-12-16)14-23(15-21)19(24)8-7-18-13-27-22-20(18)17-5-3-2-4-6-17/h2-6,13,16H,7-12,14-15H2,1H3. The van der Waals surface area contributed by atoms with Gasteiger partial charge in [0.15, 0.2) is 0 Å². The van der Waals surface area contributed by atoms with Crippen molar-refractivity contribution in [2.24, 2.45) is 5.92 Å². The summed E-state index contributed by atoms with van der Waals surface area (Å²) in [6, 6.07) is 9.91. The van der Waals surface area contributed by atoms with E-state index in [0.717, 1.165) is 42.9 Å². The summed E-state index contributed by atoms with van der Waals surface area (Å²) in [6.45, 7) is 2.98. The highest BCUT2D eigenvalue weighted by Crippen LogP contribution is 2.39. The fourth-order valence-corrected chi connectivity index (χ4v) is 4.12. The Balaban J connectivity index is 1.27. The van der Waals surface area contributed by atoms with Crippen LogP contribution in [0.25, 0.3) is 11.3 Å². The first-order chi connectivity index (χ1) is 13.2. The molecule has 1 unspecified atom stereocenters. The van der Waals surface area contributed by atoms with Gasteiger partial charge in [-0.2, -0.15) is 0 Å². The summed E-state index contributed by atoms with van der Waals surface area (Å²) in [4.78, 5) is 14.5. The van der Waals surface area contributed by atoms with Crippen molar-refractivity contribution < 1.29 is 18.8 Å². The summed E-state index contributed by atoms with van der Waals surface area (Å²) in [5.41, 5.74) is 2.70. The lowest BCUT2D eigenvalue weighted by molar-refractivity contribution is -0.157. The zero-order valence-electron chi connectivity index (χ0n) is 15.7. The van der Waals surface area contributed by atoms with Crippen LogP contribution in [-0.2, 0) is 20.7 Å². The smallest absolute Gasteiger partial charge is 0.223 e. The second-order valence-corrected chi connectivity index (χ2v) is 7.65. The van der Waals surface area contributed by atoms with Crippen molar-refractivity contribution in [1.82, 2.24) is 10.1 Å². The van der Waals surface area contributed by atoms with Crippen molar-refractivity contribution in [3.05, 3.63) is 42.2 Å². The van der Waals surface area contributed by atoms with E-state index in [1.54, 1.807) is 13.4 Å². The third-order valence-corrected chi connectivity index (χ3v) is 5.63. The Kier molecular flexibility index (Phi) is 5.27. The number of likely N-dealkylation sites (tertiary alicyclic amines) is 1. The van der Waals surface area contributed by atoms with Crippen LogP contribution in [0.4, 0.5) is 0 Å². The van der Waals surface area contributed by atoms with Crippen LogP contribution in [0.3, 0.4) is 0 Å². The predicted molar refractivity (Wildman–Crippen MR) is 100 cm³/mol. The Morgan fingerprint density at radius 3 is 2.93 bits per heavy atom. The van der Waals surface area contributed by atoms with Crippen molar-refractivity contribution in [3.63, 3.8) is 0 Å². The van der Waals surface area contributed by atoms with E-state index < -0.39 is 0 Å². The highest BCUT2D eigenvalue weighted by atomic mass is 16.5. The summed E-state index contributed by atoms with van der Waals surface area (Å²) in [5, 5.41) is 4.10. The minimum Gasteiger partial charge on any atom is -0.385 e.